The zero-order valence-electron chi connectivity index (χ0n) is 9.23. The number of halogens is 1. The predicted molar refractivity (Wildman–Crippen MR) is 67.2 cm³/mol. The Morgan fingerprint density at radius 1 is 1.29 bits per heavy atom. The highest BCUT2D eigenvalue weighted by Gasteiger charge is 2.23. The molecule has 1 saturated heterocycles. The van der Waals surface area contributed by atoms with Gasteiger partial charge in [-0.15, -0.1) is 0 Å². The van der Waals surface area contributed by atoms with E-state index in [1.165, 1.54) is 0 Å². The topological polar surface area (TPSA) is 63.7 Å². The van der Waals surface area contributed by atoms with Gasteiger partial charge in [0.1, 0.15) is 16.9 Å². The minimum Gasteiger partial charge on any atom is -0.373 e. The van der Waals surface area contributed by atoms with Crippen LogP contribution in [0.4, 0.5) is 5.69 Å². The van der Waals surface area contributed by atoms with Gasteiger partial charge in [-0.25, -0.2) is 10.2 Å². The van der Waals surface area contributed by atoms with Gasteiger partial charge in [-0.1, -0.05) is 11.6 Å². The summed E-state index contributed by atoms with van der Waals surface area (Å²) in [4.78, 5) is 6.04. The fourth-order valence-corrected chi connectivity index (χ4v) is 2.19. The van der Waals surface area contributed by atoms with E-state index in [1.807, 2.05) is 6.07 Å². The van der Waals surface area contributed by atoms with Crippen molar-refractivity contribution in [3.8, 4) is 12.0 Å². The fraction of sp³-hybridized carbons (Fsp3) is 0.364. The molecule has 0 atom stereocenters. The van der Waals surface area contributed by atoms with E-state index in [0.29, 0.717) is 10.8 Å². The molecule has 1 aliphatic rings. The van der Waals surface area contributed by atoms with Gasteiger partial charge >= 0.3 is 0 Å². The first-order chi connectivity index (χ1) is 8.22. The van der Waals surface area contributed by atoms with E-state index in [-0.39, 0.29) is 6.71 Å². The van der Waals surface area contributed by atoms with Gasteiger partial charge in [0, 0.05) is 24.7 Å². The van der Waals surface area contributed by atoms with Crippen LogP contribution in [0.15, 0.2) is 12.1 Å². The third-order valence-corrected chi connectivity index (χ3v) is 3.13. The third kappa shape index (κ3) is 2.69. The van der Waals surface area contributed by atoms with Crippen molar-refractivity contribution in [2.45, 2.75) is 12.6 Å². The Balaban J connectivity index is 2.16. The molecule has 0 spiro atoms. The second-order valence-electron chi connectivity index (χ2n) is 4.04. The van der Waals surface area contributed by atoms with Crippen LogP contribution in [0.25, 0.3) is 0 Å². The fourth-order valence-electron chi connectivity index (χ4n) is 1.99. The SMILES string of the molecule is N#CB1CCN(c2cc(Cl)nc(C#N)c2)CC1. The van der Waals surface area contributed by atoms with Crippen molar-refractivity contribution >= 4 is 24.0 Å². The molecule has 1 fully saturated rings. The lowest BCUT2D eigenvalue weighted by molar-refractivity contribution is 0.820. The van der Waals surface area contributed by atoms with Gasteiger partial charge in [-0.3, -0.25) is 0 Å². The first kappa shape index (κ1) is 11.8. The summed E-state index contributed by atoms with van der Waals surface area (Å²) in [6.45, 7) is 1.80. The maximum atomic E-state index is 8.83. The summed E-state index contributed by atoms with van der Waals surface area (Å²) in [5.74, 6) is 2.29. The summed E-state index contributed by atoms with van der Waals surface area (Å²) in [6, 6.07) is 5.49. The number of rotatable bonds is 1. The van der Waals surface area contributed by atoms with Crippen molar-refractivity contribution in [2.24, 2.45) is 0 Å². The lowest BCUT2D eigenvalue weighted by atomic mass is 9.45. The van der Waals surface area contributed by atoms with E-state index in [1.54, 1.807) is 12.1 Å². The molecule has 0 aliphatic carbocycles. The average molecular weight is 244 g/mol. The Hall–Kier alpha value is -1.72. The molecule has 0 bridgehead atoms. The summed E-state index contributed by atoms with van der Waals surface area (Å²) >= 11 is 5.86. The van der Waals surface area contributed by atoms with Crippen molar-refractivity contribution in [1.82, 2.24) is 4.98 Å². The van der Waals surface area contributed by atoms with E-state index >= 15 is 0 Å². The van der Waals surface area contributed by atoms with E-state index < -0.39 is 0 Å². The number of nitriles is 2. The lowest BCUT2D eigenvalue weighted by Crippen LogP contribution is -2.36. The number of aromatic nitrogens is 1. The first-order valence-corrected chi connectivity index (χ1v) is 5.83. The molecule has 1 aromatic rings. The van der Waals surface area contributed by atoms with Crippen LogP contribution in [0.1, 0.15) is 5.69 Å². The number of hydrogen-bond acceptors (Lipinski definition) is 4. The molecule has 2 heterocycles. The molecule has 0 radical (unpaired) electrons. The normalized spacial score (nSPS) is 15.2. The molecule has 1 aromatic heterocycles. The highest BCUT2D eigenvalue weighted by atomic mass is 35.5. The van der Waals surface area contributed by atoms with Gasteiger partial charge in [0.05, 0.1) is 0 Å². The van der Waals surface area contributed by atoms with Crippen LogP contribution in [-0.2, 0) is 0 Å². The standard InChI is InChI=1S/C11H10BClN4/c13-11-6-10(5-9(7-14)16-11)17-3-1-12(8-15)2-4-17/h5-6H,1-4H2. The molecular weight excluding hydrogens is 234 g/mol. The van der Waals surface area contributed by atoms with Crippen LogP contribution < -0.4 is 4.90 Å². The molecule has 17 heavy (non-hydrogen) atoms. The van der Waals surface area contributed by atoms with Crippen LogP contribution in [0.5, 0.6) is 0 Å². The number of hydrogen-bond donors (Lipinski definition) is 0. The van der Waals surface area contributed by atoms with Crippen molar-refractivity contribution < 1.29 is 0 Å². The smallest absolute Gasteiger partial charge is 0.271 e. The molecule has 2 rings (SSSR count). The quantitative estimate of drug-likeness (QED) is 0.560. The molecule has 0 unspecified atom stereocenters. The van der Waals surface area contributed by atoms with Gasteiger partial charge < -0.3 is 4.90 Å². The van der Waals surface area contributed by atoms with Gasteiger partial charge in [-0.2, -0.15) is 5.26 Å². The maximum absolute atomic E-state index is 8.83. The maximum Gasteiger partial charge on any atom is 0.271 e. The molecule has 84 valence electrons. The Labute approximate surface area is 106 Å². The van der Waals surface area contributed by atoms with Gasteiger partial charge in [-0.05, 0) is 24.8 Å². The summed E-state index contributed by atoms with van der Waals surface area (Å²) < 4.78 is 0. The van der Waals surface area contributed by atoms with Gasteiger partial charge in [0.25, 0.3) is 6.71 Å². The zero-order chi connectivity index (χ0) is 12.3. The summed E-state index contributed by atoms with van der Waals surface area (Å²) in [6.07, 6.45) is 1.72. The van der Waals surface area contributed by atoms with Crippen molar-refractivity contribution in [2.75, 3.05) is 18.0 Å². The number of nitrogens with zero attached hydrogens (tertiary/aromatic N) is 4. The second-order valence-corrected chi connectivity index (χ2v) is 4.42. The van der Waals surface area contributed by atoms with Crippen LogP contribution in [-0.4, -0.2) is 24.8 Å². The monoisotopic (exact) mass is 244 g/mol. The Kier molecular flexibility index (Phi) is 3.51. The average Bonchev–Trinajstić information content (AvgIpc) is 2.38. The molecular formula is C11H10BClN4. The summed E-state index contributed by atoms with van der Waals surface area (Å²) in [5, 5.41) is 18.0. The molecule has 0 amide bonds. The number of pyridine rings is 1. The Morgan fingerprint density at radius 3 is 2.59 bits per heavy atom. The van der Waals surface area contributed by atoms with E-state index in [0.717, 1.165) is 31.4 Å². The minimum absolute atomic E-state index is 0.152. The molecule has 0 saturated carbocycles. The highest BCUT2D eigenvalue weighted by molar-refractivity contribution is 6.67. The van der Waals surface area contributed by atoms with Crippen molar-refractivity contribution in [1.29, 1.82) is 10.5 Å². The van der Waals surface area contributed by atoms with Crippen LogP contribution in [0, 0.1) is 22.6 Å². The lowest BCUT2D eigenvalue weighted by Gasteiger charge is -2.30. The Bertz CT molecular complexity index is 497. The third-order valence-electron chi connectivity index (χ3n) is 2.94. The summed E-state index contributed by atoms with van der Waals surface area (Å²) in [5.41, 5.74) is 1.24. The largest absolute Gasteiger partial charge is 0.373 e. The van der Waals surface area contributed by atoms with Crippen LogP contribution in [0.3, 0.4) is 0 Å². The minimum atomic E-state index is 0.152. The highest BCUT2D eigenvalue weighted by Crippen LogP contribution is 2.23. The van der Waals surface area contributed by atoms with E-state index in [9.17, 15) is 0 Å². The molecule has 6 heteroatoms. The molecule has 4 nitrogen and oxygen atoms in total. The first-order valence-electron chi connectivity index (χ1n) is 5.45. The van der Waals surface area contributed by atoms with Crippen molar-refractivity contribution in [3.05, 3.63) is 23.0 Å². The van der Waals surface area contributed by atoms with E-state index in [4.69, 9.17) is 22.1 Å². The van der Waals surface area contributed by atoms with E-state index in [2.05, 4.69) is 15.9 Å². The molecule has 0 N–H and O–H groups in total. The van der Waals surface area contributed by atoms with Gasteiger partial charge in [0.2, 0.25) is 0 Å². The van der Waals surface area contributed by atoms with Crippen molar-refractivity contribution in [3.63, 3.8) is 0 Å². The van der Waals surface area contributed by atoms with Crippen LogP contribution >= 0.6 is 11.6 Å². The Morgan fingerprint density at radius 2 is 2.00 bits per heavy atom. The van der Waals surface area contributed by atoms with Crippen LogP contribution in [0.2, 0.25) is 17.8 Å². The molecule has 0 aromatic carbocycles. The molecule has 1 aliphatic heterocycles. The zero-order valence-corrected chi connectivity index (χ0v) is 9.98. The predicted octanol–water partition coefficient (Wildman–Crippen LogP) is 1.98. The summed E-state index contributed by atoms with van der Waals surface area (Å²) in [7, 11) is 0. The number of anilines is 1. The van der Waals surface area contributed by atoms with Gasteiger partial charge in [0.15, 0.2) is 0 Å². The second kappa shape index (κ2) is 5.08.